The number of hydrogen-bond donors (Lipinski definition) is 0. The van der Waals surface area contributed by atoms with E-state index in [1.165, 1.54) is 12.1 Å². The Morgan fingerprint density at radius 2 is 2.00 bits per heavy atom. The molecule has 0 atom stereocenters. The second-order valence-electron chi connectivity index (χ2n) is 6.60. The SMILES string of the molecule is CC(C)(Oc1ccc(Cl)cc1)C(=O)OCc1cc([N+](=O)[O-])cc2c1OCOC2. The number of esters is 1. The first kappa shape index (κ1) is 19.9. The van der Waals surface area contributed by atoms with Crippen molar-refractivity contribution in [2.24, 2.45) is 0 Å². The number of nitrogens with zero attached hydrogens (tertiary/aromatic N) is 1. The number of benzene rings is 2. The van der Waals surface area contributed by atoms with E-state index in [2.05, 4.69) is 0 Å². The fraction of sp³-hybridized carbons (Fsp3) is 0.316. The monoisotopic (exact) mass is 407 g/mol. The van der Waals surface area contributed by atoms with Crippen molar-refractivity contribution in [2.75, 3.05) is 6.79 Å². The van der Waals surface area contributed by atoms with Gasteiger partial charge >= 0.3 is 5.97 Å². The van der Waals surface area contributed by atoms with E-state index in [0.29, 0.717) is 27.6 Å². The number of nitro benzene ring substituents is 1. The molecule has 2 aromatic rings. The molecule has 0 fully saturated rings. The van der Waals surface area contributed by atoms with Gasteiger partial charge in [-0.2, -0.15) is 0 Å². The summed E-state index contributed by atoms with van der Waals surface area (Å²) in [5, 5.41) is 11.7. The smallest absolute Gasteiger partial charge is 0.350 e. The molecule has 1 heterocycles. The van der Waals surface area contributed by atoms with Gasteiger partial charge in [0.05, 0.1) is 11.5 Å². The van der Waals surface area contributed by atoms with Gasteiger partial charge in [0, 0.05) is 28.3 Å². The van der Waals surface area contributed by atoms with E-state index in [4.69, 9.17) is 30.5 Å². The molecule has 2 aromatic carbocycles. The number of rotatable bonds is 6. The number of ether oxygens (including phenoxy) is 4. The van der Waals surface area contributed by atoms with Crippen LogP contribution in [0.4, 0.5) is 5.69 Å². The molecule has 0 unspecified atom stereocenters. The molecule has 0 N–H and O–H groups in total. The standard InChI is InChI=1S/C19H18ClNO7/c1-19(2,28-16-5-3-14(20)4-6-16)18(22)26-10-13-8-15(21(23)24)7-12-9-25-11-27-17(12)13/h3-8H,9-11H2,1-2H3. The molecule has 1 aliphatic rings. The van der Waals surface area contributed by atoms with Gasteiger partial charge in [-0.15, -0.1) is 0 Å². The summed E-state index contributed by atoms with van der Waals surface area (Å²) in [6.07, 6.45) is 0. The summed E-state index contributed by atoms with van der Waals surface area (Å²) < 4.78 is 21.6. The van der Waals surface area contributed by atoms with Gasteiger partial charge in [-0.05, 0) is 38.1 Å². The first-order chi connectivity index (χ1) is 13.3. The van der Waals surface area contributed by atoms with Crippen LogP contribution in [0.25, 0.3) is 0 Å². The molecular formula is C19H18ClNO7. The van der Waals surface area contributed by atoms with Crippen molar-refractivity contribution in [1.29, 1.82) is 0 Å². The first-order valence-corrected chi connectivity index (χ1v) is 8.76. The van der Waals surface area contributed by atoms with E-state index in [1.807, 2.05) is 0 Å². The molecule has 0 amide bonds. The Hall–Kier alpha value is -2.84. The van der Waals surface area contributed by atoms with Crippen molar-refractivity contribution in [3.05, 3.63) is 62.7 Å². The maximum absolute atomic E-state index is 12.5. The Labute approximate surface area is 166 Å². The van der Waals surface area contributed by atoms with Crippen molar-refractivity contribution in [3.63, 3.8) is 0 Å². The molecule has 0 aliphatic carbocycles. The molecule has 0 aromatic heterocycles. The zero-order valence-electron chi connectivity index (χ0n) is 15.3. The lowest BCUT2D eigenvalue weighted by Gasteiger charge is -2.25. The van der Waals surface area contributed by atoms with E-state index in [9.17, 15) is 14.9 Å². The third-order valence-corrected chi connectivity index (χ3v) is 4.27. The highest BCUT2D eigenvalue weighted by Crippen LogP contribution is 2.33. The van der Waals surface area contributed by atoms with Crippen molar-refractivity contribution in [2.45, 2.75) is 32.7 Å². The normalized spacial score (nSPS) is 13.2. The van der Waals surface area contributed by atoms with Gasteiger partial charge in [0.25, 0.3) is 5.69 Å². The van der Waals surface area contributed by atoms with E-state index in [-0.39, 0.29) is 25.7 Å². The summed E-state index contributed by atoms with van der Waals surface area (Å²) in [6, 6.07) is 9.28. The van der Waals surface area contributed by atoms with Crippen LogP contribution in [0.15, 0.2) is 36.4 Å². The van der Waals surface area contributed by atoms with Crippen LogP contribution in [-0.2, 0) is 27.5 Å². The number of hydrogen-bond acceptors (Lipinski definition) is 7. The zero-order chi connectivity index (χ0) is 20.3. The summed E-state index contributed by atoms with van der Waals surface area (Å²) in [4.78, 5) is 23.2. The highest BCUT2D eigenvalue weighted by atomic mass is 35.5. The maximum Gasteiger partial charge on any atom is 0.350 e. The summed E-state index contributed by atoms with van der Waals surface area (Å²) in [5.41, 5.74) is -0.486. The Bertz CT molecular complexity index is 896. The largest absolute Gasteiger partial charge is 0.476 e. The van der Waals surface area contributed by atoms with E-state index < -0.39 is 16.5 Å². The molecule has 0 radical (unpaired) electrons. The lowest BCUT2D eigenvalue weighted by Crippen LogP contribution is -2.39. The van der Waals surface area contributed by atoms with E-state index in [1.54, 1.807) is 38.1 Å². The topological polar surface area (TPSA) is 97.1 Å². The molecule has 148 valence electrons. The molecule has 3 rings (SSSR count). The summed E-state index contributed by atoms with van der Waals surface area (Å²) >= 11 is 5.84. The predicted octanol–water partition coefficient (Wildman–Crippen LogP) is 4.02. The number of carbonyl (C=O) groups is 1. The third-order valence-electron chi connectivity index (χ3n) is 4.02. The lowest BCUT2D eigenvalue weighted by atomic mass is 10.1. The Morgan fingerprint density at radius 1 is 1.29 bits per heavy atom. The Morgan fingerprint density at radius 3 is 2.68 bits per heavy atom. The van der Waals surface area contributed by atoms with E-state index in [0.717, 1.165) is 0 Å². The van der Waals surface area contributed by atoms with Gasteiger partial charge in [0.15, 0.2) is 12.4 Å². The van der Waals surface area contributed by atoms with Gasteiger partial charge < -0.3 is 18.9 Å². The first-order valence-electron chi connectivity index (χ1n) is 8.39. The summed E-state index contributed by atoms with van der Waals surface area (Å²) in [5.74, 6) is 0.260. The minimum atomic E-state index is -1.28. The highest BCUT2D eigenvalue weighted by molar-refractivity contribution is 6.30. The van der Waals surface area contributed by atoms with Crippen molar-refractivity contribution in [1.82, 2.24) is 0 Å². The van der Waals surface area contributed by atoms with Crippen LogP contribution in [0.3, 0.4) is 0 Å². The minimum Gasteiger partial charge on any atom is -0.476 e. The zero-order valence-corrected chi connectivity index (χ0v) is 16.0. The molecule has 0 bridgehead atoms. The molecule has 0 spiro atoms. The third kappa shape index (κ3) is 4.52. The predicted molar refractivity (Wildman–Crippen MR) is 99.3 cm³/mol. The molecule has 28 heavy (non-hydrogen) atoms. The van der Waals surface area contributed by atoms with Crippen molar-refractivity contribution >= 4 is 23.3 Å². The molecule has 1 aliphatic heterocycles. The number of non-ortho nitro benzene ring substituents is 1. The fourth-order valence-electron chi connectivity index (χ4n) is 2.65. The van der Waals surface area contributed by atoms with Gasteiger partial charge in [-0.25, -0.2) is 4.79 Å². The number of fused-ring (bicyclic) bond motifs is 1. The van der Waals surface area contributed by atoms with Crippen molar-refractivity contribution < 1.29 is 28.7 Å². The van der Waals surface area contributed by atoms with Crippen LogP contribution in [0, 0.1) is 10.1 Å². The van der Waals surface area contributed by atoms with Crippen LogP contribution in [0.2, 0.25) is 5.02 Å². The van der Waals surface area contributed by atoms with E-state index >= 15 is 0 Å². The quantitative estimate of drug-likeness (QED) is 0.405. The minimum absolute atomic E-state index is 0.0247. The van der Waals surface area contributed by atoms with Crippen LogP contribution in [0.5, 0.6) is 11.5 Å². The summed E-state index contributed by atoms with van der Waals surface area (Å²) in [6.45, 7) is 3.14. The number of carbonyl (C=O) groups excluding carboxylic acids is 1. The Kier molecular flexibility index (Phi) is 5.71. The van der Waals surface area contributed by atoms with Crippen LogP contribution >= 0.6 is 11.6 Å². The maximum atomic E-state index is 12.5. The van der Waals surface area contributed by atoms with Gasteiger partial charge in [0.2, 0.25) is 0 Å². The van der Waals surface area contributed by atoms with Crippen LogP contribution < -0.4 is 9.47 Å². The molecule has 8 nitrogen and oxygen atoms in total. The molecular weight excluding hydrogens is 390 g/mol. The molecule has 0 saturated carbocycles. The van der Waals surface area contributed by atoms with Gasteiger partial charge in [-0.3, -0.25) is 10.1 Å². The molecule has 9 heteroatoms. The summed E-state index contributed by atoms with van der Waals surface area (Å²) in [7, 11) is 0. The van der Waals surface area contributed by atoms with Crippen LogP contribution in [-0.4, -0.2) is 23.3 Å². The molecule has 0 saturated heterocycles. The van der Waals surface area contributed by atoms with Crippen LogP contribution in [0.1, 0.15) is 25.0 Å². The van der Waals surface area contributed by atoms with Gasteiger partial charge in [-0.1, -0.05) is 11.6 Å². The highest BCUT2D eigenvalue weighted by Gasteiger charge is 2.32. The second-order valence-corrected chi connectivity index (χ2v) is 7.04. The lowest BCUT2D eigenvalue weighted by molar-refractivity contribution is -0.385. The average molecular weight is 408 g/mol. The second kappa shape index (κ2) is 8.04. The average Bonchev–Trinajstić information content (AvgIpc) is 2.67. The Balaban J connectivity index is 1.73. The fourth-order valence-corrected chi connectivity index (χ4v) is 2.78. The van der Waals surface area contributed by atoms with Crippen molar-refractivity contribution in [3.8, 4) is 11.5 Å². The van der Waals surface area contributed by atoms with Gasteiger partial charge in [0.1, 0.15) is 18.1 Å². The number of halogens is 1. The number of nitro groups is 1.